The monoisotopic (exact) mass is 355 g/mol. The maximum atomic E-state index is 12.8. The molecule has 2 aromatic carbocycles. The minimum Gasteiger partial charge on any atom is -0.507 e. The van der Waals surface area contributed by atoms with Gasteiger partial charge in [0.05, 0.1) is 16.7 Å². The van der Waals surface area contributed by atoms with Crippen LogP contribution >= 0.6 is 0 Å². The quantitative estimate of drug-likeness (QED) is 0.525. The second-order valence-electron chi connectivity index (χ2n) is 6.49. The van der Waals surface area contributed by atoms with Crippen LogP contribution in [0, 0.1) is 5.92 Å². The van der Waals surface area contributed by atoms with Crippen LogP contribution < -0.4 is 5.73 Å². The molecule has 0 saturated carbocycles. The summed E-state index contributed by atoms with van der Waals surface area (Å²) in [4.78, 5) is 36.5. The third kappa shape index (κ3) is 2.67. The number of nitrogens with two attached hydrogens (primary N) is 1. The van der Waals surface area contributed by atoms with E-state index < -0.39 is 29.0 Å². The molecule has 7 nitrogen and oxygen atoms in total. The molecule has 5 N–H and O–H groups in total. The van der Waals surface area contributed by atoms with E-state index in [0.717, 1.165) is 0 Å². The van der Waals surface area contributed by atoms with Crippen molar-refractivity contribution < 1.29 is 29.7 Å². The first kappa shape index (κ1) is 17.5. The van der Waals surface area contributed by atoms with E-state index in [2.05, 4.69) is 0 Å². The fourth-order valence-electron chi connectivity index (χ4n) is 3.34. The number of carbonyl (C=O) groups excluding carboxylic acids is 3. The minimum atomic E-state index is -0.739. The second-order valence-corrected chi connectivity index (χ2v) is 6.49. The van der Waals surface area contributed by atoms with Crippen molar-refractivity contribution in [3.8, 4) is 17.2 Å². The zero-order chi connectivity index (χ0) is 19.2. The van der Waals surface area contributed by atoms with Gasteiger partial charge in [-0.25, -0.2) is 0 Å². The van der Waals surface area contributed by atoms with Crippen molar-refractivity contribution in [1.82, 2.24) is 0 Å². The molecule has 26 heavy (non-hydrogen) atoms. The Morgan fingerprint density at radius 2 is 1.73 bits per heavy atom. The number of aromatic hydroxyl groups is 3. The Hall–Kier alpha value is -3.35. The molecular weight excluding hydrogens is 338 g/mol. The van der Waals surface area contributed by atoms with Crippen LogP contribution in [0.15, 0.2) is 24.3 Å². The van der Waals surface area contributed by atoms with Gasteiger partial charge in [-0.2, -0.15) is 0 Å². The molecule has 7 heteroatoms. The first-order valence-electron chi connectivity index (χ1n) is 7.99. The highest BCUT2D eigenvalue weighted by Crippen LogP contribution is 2.42. The lowest BCUT2D eigenvalue weighted by Crippen LogP contribution is -2.22. The molecule has 1 amide bonds. The summed E-state index contributed by atoms with van der Waals surface area (Å²) in [5.74, 6) is -3.39. The predicted octanol–water partition coefficient (Wildman–Crippen LogP) is 1.63. The van der Waals surface area contributed by atoms with Crippen LogP contribution in [0.4, 0.5) is 0 Å². The number of phenols is 3. The molecule has 134 valence electrons. The summed E-state index contributed by atoms with van der Waals surface area (Å²) in [5.41, 5.74) is 4.52. The van der Waals surface area contributed by atoms with Crippen LogP contribution in [0.1, 0.15) is 50.8 Å². The summed E-state index contributed by atoms with van der Waals surface area (Å²) in [5, 5.41) is 30.8. The number of carbonyl (C=O) groups is 3. The maximum absolute atomic E-state index is 12.8. The van der Waals surface area contributed by atoms with Crippen molar-refractivity contribution in [2.24, 2.45) is 11.7 Å². The van der Waals surface area contributed by atoms with Gasteiger partial charge in [0.15, 0.2) is 5.78 Å². The maximum Gasteiger partial charge on any atom is 0.217 e. The fourth-order valence-corrected chi connectivity index (χ4v) is 3.34. The standard InChI is InChI=1S/C19H17NO6/c1-8(6-13(20)23)5-9-7-12(22)15-16(17(9)24)18(25)10-3-2-4-11(21)14(10)19(15)26/h2-4,7-8,21-22,24H,5-6H2,1H3,(H2,20,23)/t8-/m0/s1. The van der Waals surface area contributed by atoms with Crippen LogP contribution in [0.5, 0.6) is 17.2 Å². The molecule has 0 radical (unpaired) electrons. The van der Waals surface area contributed by atoms with E-state index in [9.17, 15) is 29.7 Å². The van der Waals surface area contributed by atoms with Crippen molar-refractivity contribution in [3.63, 3.8) is 0 Å². The SMILES string of the molecule is C[C@H](CC(N)=O)Cc1cc(O)c2c(c1O)C(=O)c1cccc(O)c1C2=O. The van der Waals surface area contributed by atoms with Crippen molar-refractivity contribution in [2.75, 3.05) is 0 Å². The van der Waals surface area contributed by atoms with Crippen LogP contribution in [0.2, 0.25) is 0 Å². The average molecular weight is 355 g/mol. The van der Waals surface area contributed by atoms with Gasteiger partial charge in [-0.05, 0) is 30.0 Å². The summed E-state index contributed by atoms with van der Waals surface area (Å²) in [6.45, 7) is 1.74. The van der Waals surface area contributed by atoms with Crippen molar-refractivity contribution in [1.29, 1.82) is 0 Å². The number of fused-ring (bicyclic) bond motifs is 2. The Kier molecular flexibility index (Phi) is 4.15. The number of ketones is 2. The summed E-state index contributed by atoms with van der Waals surface area (Å²) in [7, 11) is 0. The molecule has 1 atom stereocenters. The van der Waals surface area contributed by atoms with E-state index in [1.165, 1.54) is 24.3 Å². The van der Waals surface area contributed by atoms with Crippen molar-refractivity contribution in [2.45, 2.75) is 19.8 Å². The van der Waals surface area contributed by atoms with Gasteiger partial charge in [-0.3, -0.25) is 14.4 Å². The predicted molar refractivity (Wildman–Crippen MR) is 91.4 cm³/mol. The van der Waals surface area contributed by atoms with Gasteiger partial charge in [0.2, 0.25) is 11.7 Å². The minimum absolute atomic E-state index is 0.0421. The van der Waals surface area contributed by atoms with Crippen LogP contribution in [-0.2, 0) is 11.2 Å². The number of primary amides is 1. The first-order chi connectivity index (χ1) is 12.2. The number of hydrogen-bond donors (Lipinski definition) is 4. The van der Waals surface area contributed by atoms with Gasteiger partial charge in [-0.15, -0.1) is 0 Å². The molecule has 0 aromatic heterocycles. The molecule has 0 saturated heterocycles. The zero-order valence-corrected chi connectivity index (χ0v) is 13.9. The molecule has 0 unspecified atom stereocenters. The van der Waals surface area contributed by atoms with E-state index in [1.54, 1.807) is 6.92 Å². The lowest BCUT2D eigenvalue weighted by molar-refractivity contribution is -0.118. The Labute approximate surface area is 148 Å². The number of rotatable bonds is 4. The number of hydrogen-bond acceptors (Lipinski definition) is 6. The normalized spacial score (nSPS) is 13.9. The molecule has 0 fully saturated rings. The van der Waals surface area contributed by atoms with Gasteiger partial charge in [0.1, 0.15) is 17.2 Å². The molecule has 0 heterocycles. The van der Waals surface area contributed by atoms with Gasteiger partial charge in [0, 0.05) is 12.0 Å². The van der Waals surface area contributed by atoms with Crippen LogP contribution in [0.25, 0.3) is 0 Å². The Morgan fingerprint density at radius 1 is 1.04 bits per heavy atom. The van der Waals surface area contributed by atoms with Gasteiger partial charge in [-0.1, -0.05) is 19.1 Å². The lowest BCUT2D eigenvalue weighted by atomic mass is 9.80. The van der Waals surface area contributed by atoms with Crippen LogP contribution in [0.3, 0.4) is 0 Å². The smallest absolute Gasteiger partial charge is 0.217 e. The fraction of sp³-hybridized carbons (Fsp3) is 0.211. The largest absolute Gasteiger partial charge is 0.507 e. The van der Waals surface area contributed by atoms with Gasteiger partial charge >= 0.3 is 0 Å². The Balaban J connectivity index is 2.15. The molecule has 2 aromatic rings. The third-order valence-corrected chi connectivity index (χ3v) is 4.44. The summed E-state index contributed by atoms with van der Waals surface area (Å²) in [6.07, 6.45) is 0.255. The Bertz CT molecular complexity index is 963. The average Bonchev–Trinajstić information content (AvgIpc) is 2.54. The third-order valence-electron chi connectivity index (χ3n) is 4.44. The molecule has 0 aliphatic heterocycles. The van der Waals surface area contributed by atoms with E-state index in [1.807, 2.05) is 0 Å². The summed E-state index contributed by atoms with van der Waals surface area (Å²) < 4.78 is 0. The molecule has 0 bridgehead atoms. The zero-order valence-electron chi connectivity index (χ0n) is 13.9. The number of amides is 1. The summed E-state index contributed by atoms with van der Waals surface area (Å²) >= 11 is 0. The number of benzene rings is 2. The van der Waals surface area contributed by atoms with E-state index in [4.69, 9.17) is 5.73 Å². The summed E-state index contributed by atoms with van der Waals surface area (Å²) in [6, 6.07) is 5.25. The molecule has 1 aliphatic carbocycles. The van der Waals surface area contributed by atoms with Gasteiger partial charge in [0.25, 0.3) is 0 Å². The van der Waals surface area contributed by atoms with Crippen molar-refractivity contribution >= 4 is 17.5 Å². The van der Waals surface area contributed by atoms with E-state index in [-0.39, 0.29) is 52.3 Å². The van der Waals surface area contributed by atoms with E-state index in [0.29, 0.717) is 0 Å². The van der Waals surface area contributed by atoms with E-state index >= 15 is 0 Å². The topological polar surface area (TPSA) is 138 Å². The molecule has 0 spiro atoms. The Morgan fingerprint density at radius 3 is 2.38 bits per heavy atom. The molecule has 3 rings (SSSR count). The highest BCUT2D eigenvalue weighted by atomic mass is 16.3. The number of phenolic OH excluding ortho intramolecular Hbond substituents is 3. The van der Waals surface area contributed by atoms with Crippen molar-refractivity contribution in [3.05, 3.63) is 52.1 Å². The molecular formula is C19H17NO6. The highest BCUT2D eigenvalue weighted by Gasteiger charge is 2.37. The molecule has 1 aliphatic rings. The lowest BCUT2D eigenvalue weighted by Gasteiger charge is -2.22. The van der Waals surface area contributed by atoms with Gasteiger partial charge < -0.3 is 21.1 Å². The first-order valence-corrected chi connectivity index (χ1v) is 7.99. The second kappa shape index (κ2) is 6.18. The van der Waals surface area contributed by atoms with Crippen LogP contribution in [-0.4, -0.2) is 32.8 Å². The highest BCUT2D eigenvalue weighted by molar-refractivity contribution is 6.31.